The quantitative estimate of drug-likeness (QED) is 0.178. The molecule has 1 aliphatic carbocycles. The van der Waals surface area contributed by atoms with E-state index < -0.39 is 21.9 Å². The average molecular weight is 635 g/mol. The molecular formula is C32H38Cl2FN3O3S. The lowest BCUT2D eigenvalue weighted by Crippen LogP contribution is -2.36. The first kappa shape index (κ1) is 32.4. The maximum absolute atomic E-state index is 13.7. The topological polar surface area (TPSA) is 87.3 Å². The summed E-state index contributed by atoms with van der Waals surface area (Å²) in [4.78, 5) is 13.3. The molecule has 0 radical (unpaired) electrons. The Labute approximate surface area is 258 Å². The SMILES string of the molecule is CC(C)CNCCCc1ccc2c(c1)CCCC2NC(=O)C[C@@H](NS(=O)(=O)c1ccc(Cl)c(Cl)c1)c1ccc(F)cc1. The maximum Gasteiger partial charge on any atom is 0.241 e. The predicted octanol–water partition coefficient (Wildman–Crippen LogP) is 6.91. The Morgan fingerprint density at radius 1 is 1.02 bits per heavy atom. The molecule has 226 valence electrons. The van der Waals surface area contributed by atoms with E-state index in [1.54, 1.807) is 0 Å². The molecule has 0 spiro atoms. The Balaban J connectivity index is 1.45. The third-order valence-electron chi connectivity index (χ3n) is 7.39. The molecule has 1 amide bonds. The van der Waals surface area contributed by atoms with Crippen LogP contribution >= 0.6 is 23.2 Å². The van der Waals surface area contributed by atoms with Crippen molar-refractivity contribution in [1.29, 1.82) is 0 Å². The van der Waals surface area contributed by atoms with Crippen molar-refractivity contribution in [2.75, 3.05) is 13.1 Å². The number of nitrogens with one attached hydrogen (secondary N) is 3. The third kappa shape index (κ3) is 9.01. The molecule has 0 saturated carbocycles. The molecule has 0 aliphatic heterocycles. The van der Waals surface area contributed by atoms with Crippen LogP contribution in [0.25, 0.3) is 0 Å². The molecule has 0 saturated heterocycles. The highest BCUT2D eigenvalue weighted by atomic mass is 35.5. The second-order valence-corrected chi connectivity index (χ2v) is 13.8. The van der Waals surface area contributed by atoms with Gasteiger partial charge in [-0.25, -0.2) is 17.5 Å². The summed E-state index contributed by atoms with van der Waals surface area (Å²) in [5, 5.41) is 6.93. The number of halogens is 3. The Hall–Kier alpha value is -2.49. The molecule has 1 aliphatic rings. The van der Waals surface area contributed by atoms with E-state index in [2.05, 4.69) is 47.4 Å². The number of hydrogen-bond acceptors (Lipinski definition) is 4. The van der Waals surface area contributed by atoms with Gasteiger partial charge in [-0.1, -0.05) is 67.4 Å². The van der Waals surface area contributed by atoms with Crippen molar-refractivity contribution in [3.8, 4) is 0 Å². The highest BCUT2D eigenvalue weighted by molar-refractivity contribution is 7.89. The van der Waals surface area contributed by atoms with Gasteiger partial charge >= 0.3 is 0 Å². The molecule has 0 bridgehead atoms. The number of carbonyl (C=O) groups excluding carboxylic acids is 1. The van der Waals surface area contributed by atoms with Crippen LogP contribution in [0, 0.1) is 11.7 Å². The lowest BCUT2D eigenvalue weighted by Gasteiger charge is -2.28. The first-order chi connectivity index (χ1) is 20.0. The molecule has 0 aromatic heterocycles. The van der Waals surface area contributed by atoms with E-state index in [1.807, 2.05) is 0 Å². The number of aryl methyl sites for hydroxylation is 2. The van der Waals surface area contributed by atoms with Crippen molar-refractivity contribution in [1.82, 2.24) is 15.4 Å². The fourth-order valence-electron chi connectivity index (χ4n) is 5.24. The monoisotopic (exact) mass is 633 g/mol. The van der Waals surface area contributed by atoms with E-state index >= 15 is 0 Å². The number of hydrogen-bond donors (Lipinski definition) is 3. The van der Waals surface area contributed by atoms with Gasteiger partial charge in [0.05, 0.1) is 27.0 Å². The molecule has 6 nitrogen and oxygen atoms in total. The molecular weight excluding hydrogens is 596 g/mol. The van der Waals surface area contributed by atoms with Gasteiger partial charge in [-0.05, 0) is 104 Å². The summed E-state index contributed by atoms with van der Waals surface area (Å²) in [7, 11) is -4.08. The second kappa shape index (κ2) is 14.8. The van der Waals surface area contributed by atoms with Crippen LogP contribution in [-0.2, 0) is 27.7 Å². The van der Waals surface area contributed by atoms with Crippen molar-refractivity contribution in [3.05, 3.63) is 98.8 Å². The van der Waals surface area contributed by atoms with Gasteiger partial charge in [0.25, 0.3) is 0 Å². The van der Waals surface area contributed by atoms with Crippen LogP contribution in [0.15, 0.2) is 65.6 Å². The van der Waals surface area contributed by atoms with Crippen LogP contribution in [0.3, 0.4) is 0 Å². The minimum atomic E-state index is -4.08. The fraction of sp³-hybridized carbons (Fsp3) is 0.406. The van der Waals surface area contributed by atoms with E-state index in [9.17, 15) is 17.6 Å². The molecule has 42 heavy (non-hydrogen) atoms. The molecule has 1 unspecified atom stereocenters. The summed E-state index contributed by atoms with van der Waals surface area (Å²) in [6.45, 7) is 6.40. The number of benzene rings is 3. The number of amides is 1. The zero-order valence-corrected chi connectivity index (χ0v) is 26.3. The normalized spacial score (nSPS) is 15.8. The standard InChI is InChI=1S/C32H38Cl2FN3O3S/c1-21(2)20-36-16-4-5-22-8-14-27-24(17-22)6-3-7-30(27)37-32(39)19-31(23-9-11-25(35)12-10-23)38-42(40,41)26-13-15-28(33)29(34)18-26/h8-15,17-18,21,30-31,36,38H,3-7,16,19-20H2,1-2H3,(H,37,39)/t30?,31-/m1/s1. The third-order valence-corrected chi connectivity index (χ3v) is 9.60. The van der Waals surface area contributed by atoms with Gasteiger partial charge < -0.3 is 10.6 Å². The van der Waals surface area contributed by atoms with Crippen LogP contribution in [0.5, 0.6) is 0 Å². The van der Waals surface area contributed by atoms with Gasteiger partial charge in [0, 0.05) is 6.42 Å². The maximum atomic E-state index is 13.7. The van der Waals surface area contributed by atoms with Crippen molar-refractivity contribution in [2.24, 2.45) is 5.92 Å². The van der Waals surface area contributed by atoms with Crippen molar-refractivity contribution < 1.29 is 17.6 Å². The first-order valence-corrected chi connectivity index (χ1v) is 16.6. The molecule has 0 heterocycles. The number of fused-ring (bicyclic) bond motifs is 1. The second-order valence-electron chi connectivity index (χ2n) is 11.3. The van der Waals surface area contributed by atoms with E-state index in [0.717, 1.165) is 50.8 Å². The van der Waals surface area contributed by atoms with Gasteiger partial charge in [0.1, 0.15) is 5.82 Å². The Morgan fingerprint density at radius 3 is 2.50 bits per heavy atom. The molecule has 0 fully saturated rings. The fourth-order valence-corrected chi connectivity index (χ4v) is 6.86. The summed E-state index contributed by atoms with van der Waals surface area (Å²) < 4.78 is 42.7. The van der Waals surface area contributed by atoms with Gasteiger partial charge in [0.15, 0.2) is 0 Å². The minimum absolute atomic E-state index is 0.0860. The van der Waals surface area contributed by atoms with Crippen LogP contribution in [-0.4, -0.2) is 27.4 Å². The van der Waals surface area contributed by atoms with Crippen molar-refractivity contribution in [2.45, 2.75) is 69.4 Å². The Kier molecular flexibility index (Phi) is 11.4. The van der Waals surface area contributed by atoms with Gasteiger partial charge in [-0.2, -0.15) is 0 Å². The van der Waals surface area contributed by atoms with Gasteiger partial charge in [0.2, 0.25) is 15.9 Å². The predicted molar refractivity (Wildman–Crippen MR) is 167 cm³/mol. The lowest BCUT2D eigenvalue weighted by atomic mass is 9.86. The smallest absolute Gasteiger partial charge is 0.241 e. The summed E-state index contributed by atoms with van der Waals surface area (Å²) in [5.41, 5.74) is 4.10. The van der Waals surface area contributed by atoms with E-state index in [4.69, 9.17) is 23.2 Å². The number of sulfonamides is 1. The molecule has 4 rings (SSSR count). The lowest BCUT2D eigenvalue weighted by molar-refractivity contribution is -0.122. The Morgan fingerprint density at radius 2 is 1.79 bits per heavy atom. The Bertz CT molecular complexity index is 1480. The van der Waals surface area contributed by atoms with E-state index in [-0.39, 0.29) is 33.3 Å². The van der Waals surface area contributed by atoms with Crippen LogP contribution < -0.4 is 15.4 Å². The largest absolute Gasteiger partial charge is 0.349 e. The zero-order valence-electron chi connectivity index (χ0n) is 23.9. The number of rotatable bonds is 13. The summed E-state index contributed by atoms with van der Waals surface area (Å²) >= 11 is 12.0. The highest BCUT2D eigenvalue weighted by Gasteiger charge is 2.27. The van der Waals surface area contributed by atoms with Crippen LogP contribution in [0.2, 0.25) is 10.0 Å². The molecule has 3 N–H and O–H groups in total. The zero-order chi connectivity index (χ0) is 30.3. The average Bonchev–Trinajstić information content (AvgIpc) is 2.94. The van der Waals surface area contributed by atoms with E-state index in [0.29, 0.717) is 11.5 Å². The van der Waals surface area contributed by atoms with Crippen molar-refractivity contribution >= 4 is 39.1 Å². The van der Waals surface area contributed by atoms with Crippen molar-refractivity contribution in [3.63, 3.8) is 0 Å². The summed E-state index contributed by atoms with van der Waals surface area (Å²) in [6.07, 6.45) is 4.60. The van der Waals surface area contributed by atoms with E-state index in [1.165, 1.54) is 53.6 Å². The van der Waals surface area contributed by atoms with Gasteiger partial charge in [-0.3, -0.25) is 4.79 Å². The van der Waals surface area contributed by atoms with Crippen LogP contribution in [0.1, 0.15) is 73.9 Å². The first-order valence-electron chi connectivity index (χ1n) is 14.4. The molecule has 2 atom stereocenters. The molecule has 3 aromatic carbocycles. The van der Waals surface area contributed by atoms with Crippen LogP contribution in [0.4, 0.5) is 4.39 Å². The summed E-state index contributed by atoms with van der Waals surface area (Å²) in [5.74, 6) is -0.131. The highest BCUT2D eigenvalue weighted by Crippen LogP contribution is 2.32. The number of carbonyl (C=O) groups is 1. The van der Waals surface area contributed by atoms with Gasteiger partial charge in [-0.15, -0.1) is 0 Å². The summed E-state index contributed by atoms with van der Waals surface area (Å²) in [6, 6.07) is 14.8. The minimum Gasteiger partial charge on any atom is -0.349 e. The molecule has 10 heteroatoms. The molecule has 3 aromatic rings.